The van der Waals surface area contributed by atoms with Crippen LogP contribution in [-0.2, 0) is 11.2 Å². The molecule has 0 fully saturated rings. The van der Waals surface area contributed by atoms with Gasteiger partial charge >= 0.3 is 0 Å². The number of thiophene rings is 2. The molecule has 0 spiro atoms. The molecule has 0 aromatic carbocycles. The van der Waals surface area contributed by atoms with E-state index in [0.717, 1.165) is 37.7 Å². The van der Waals surface area contributed by atoms with E-state index in [4.69, 9.17) is 17.0 Å². The molecule has 2 aromatic heterocycles. The summed E-state index contributed by atoms with van der Waals surface area (Å²) in [6, 6.07) is 6.85. The molecule has 6 heteroatoms. The van der Waals surface area contributed by atoms with Crippen LogP contribution in [0.15, 0.2) is 29.0 Å². The maximum Gasteiger partial charge on any atom is 0.169 e. The Balaban J connectivity index is 1.77. The normalized spacial score (nSPS) is 17.3. The third-order valence-electron chi connectivity index (χ3n) is 3.84. The molecule has 1 N–H and O–H groups in total. The van der Waals surface area contributed by atoms with E-state index in [1.807, 2.05) is 11.3 Å². The van der Waals surface area contributed by atoms with Crippen molar-refractivity contribution >= 4 is 40.0 Å². The summed E-state index contributed by atoms with van der Waals surface area (Å²) >= 11 is 9.33. The van der Waals surface area contributed by atoms with Crippen LogP contribution in [0.4, 0.5) is 0 Å². The monoisotopic (exact) mass is 352 g/mol. The highest BCUT2D eigenvalue weighted by molar-refractivity contribution is 7.80. The first-order valence-corrected chi connectivity index (χ1v) is 9.61. The Bertz CT molecular complexity index is 609. The van der Waals surface area contributed by atoms with Gasteiger partial charge in [0.1, 0.15) is 0 Å². The lowest BCUT2D eigenvalue weighted by molar-refractivity contribution is 0.195. The van der Waals surface area contributed by atoms with Crippen LogP contribution in [-0.4, -0.2) is 36.8 Å². The summed E-state index contributed by atoms with van der Waals surface area (Å²) in [6.07, 6.45) is 2.05. The standard InChI is InChI=1S/C16H20N2OS3/c1-19-9-3-7-17-16(20)18-8-5-13-12(6-11-22-13)15(18)14-4-2-10-21-14/h2,4,6,10-11,15H,3,5,7-9H2,1H3,(H,17,20)/t15-/m0/s1. The van der Waals surface area contributed by atoms with Crippen molar-refractivity contribution in [3.8, 4) is 0 Å². The highest BCUT2D eigenvalue weighted by atomic mass is 32.1. The molecule has 0 bridgehead atoms. The molecular formula is C16H20N2OS3. The van der Waals surface area contributed by atoms with E-state index in [1.165, 1.54) is 15.3 Å². The number of ether oxygens (including phenoxy) is 1. The van der Waals surface area contributed by atoms with E-state index < -0.39 is 0 Å². The molecule has 1 aliphatic heterocycles. The number of nitrogens with zero attached hydrogens (tertiary/aromatic N) is 1. The van der Waals surface area contributed by atoms with Crippen LogP contribution in [0, 0.1) is 0 Å². The van der Waals surface area contributed by atoms with Gasteiger partial charge in [-0.1, -0.05) is 6.07 Å². The first-order chi connectivity index (χ1) is 10.8. The molecule has 0 amide bonds. The number of fused-ring (bicyclic) bond motifs is 1. The molecule has 0 saturated heterocycles. The van der Waals surface area contributed by atoms with Crippen molar-refractivity contribution in [1.82, 2.24) is 10.2 Å². The highest BCUT2D eigenvalue weighted by Crippen LogP contribution is 2.39. The van der Waals surface area contributed by atoms with Gasteiger partial charge in [-0.3, -0.25) is 0 Å². The van der Waals surface area contributed by atoms with E-state index in [1.54, 1.807) is 18.4 Å². The summed E-state index contributed by atoms with van der Waals surface area (Å²) in [6.45, 7) is 2.60. The lowest BCUT2D eigenvalue weighted by atomic mass is 9.99. The van der Waals surface area contributed by atoms with Gasteiger partial charge in [-0.05, 0) is 53.5 Å². The second kappa shape index (κ2) is 7.55. The minimum Gasteiger partial charge on any atom is -0.385 e. The fourth-order valence-electron chi connectivity index (χ4n) is 2.80. The second-order valence-corrected chi connectivity index (χ2v) is 7.61. The zero-order chi connectivity index (χ0) is 15.4. The SMILES string of the molecule is COCCCNC(=S)N1CCc2sccc2[C@H]1c1cccs1. The maximum atomic E-state index is 5.66. The fourth-order valence-corrected chi connectivity index (χ4v) is 4.86. The largest absolute Gasteiger partial charge is 0.385 e. The summed E-state index contributed by atoms with van der Waals surface area (Å²) in [5.41, 5.74) is 1.42. The van der Waals surface area contributed by atoms with Crippen molar-refractivity contribution in [2.45, 2.75) is 18.9 Å². The molecule has 1 aliphatic rings. The molecule has 0 unspecified atom stereocenters. The van der Waals surface area contributed by atoms with Crippen LogP contribution < -0.4 is 5.32 Å². The Hall–Kier alpha value is -0.950. The third-order valence-corrected chi connectivity index (χ3v) is 6.14. The zero-order valence-corrected chi connectivity index (χ0v) is 15.0. The molecule has 118 valence electrons. The van der Waals surface area contributed by atoms with Gasteiger partial charge in [0.25, 0.3) is 0 Å². The molecule has 22 heavy (non-hydrogen) atoms. The van der Waals surface area contributed by atoms with Gasteiger partial charge in [0.15, 0.2) is 5.11 Å². The van der Waals surface area contributed by atoms with E-state index in [2.05, 4.69) is 39.2 Å². The number of rotatable bonds is 5. The molecule has 0 aliphatic carbocycles. The Morgan fingerprint density at radius 1 is 1.41 bits per heavy atom. The predicted molar refractivity (Wildman–Crippen MR) is 98.0 cm³/mol. The van der Waals surface area contributed by atoms with Crippen molar-refractivity contribution in [2.75, 3.05) is 26.8 Å². The highest BCUT2D eigenvalue weighted by Gasteiger charge is 2.31. The van der Waals surface area contributed by atoms with Crippen LogP contribution in [0.5, 0.6) is 0 Å². The van der Waals surface area contributed by atoms with Gasteiger partial charge in [-0.15, -0.1) is 22.7 Å². The Kier molecular flexibility index (Phi) is 5.46. The number of thiocarbonyl (C=S) groups is 1. The summed E-state index contributed by atoms with van der Waals surface area (Å²) in [4.78, 5) is 5.19. The van der Waals surface area contributed by atoms with Crippen molar-refractivity contribution < 1.29 is 4.74 Å². The van der Waals surface area contributed by atoms with Gasteiger partial charge in [-0.25, -0.2) is 0 Å². The van der Waals surface area contributed by atoms with E-state index >= 15 is 0 Å². The Morgan fingerprint density at radius 3 is 3.09 bits per heavy atom. The van der Waals surface area contributed by atoms with E-state index in [0.29, 0.717) is 0 Å². The molecule has 3 heterocycles. The second-order valence-electron chi connectivity index (χ2n) is 5.24. The molecule has 3 rings (SSSR count). The van der Waals surface area contributed by atoms with Crippen LogP contribution in [0.2, 0.25) is 0 Å². The zero-order valence-electron chi connectivity index (χ0n) is 12.6. The molecule has 2 aromatic rings. The molecule has 0 saturated carbocycles. The summed E-state index contributed by atoms with van der Waals surface area (Å²) < 4.78 is 5.09. The maximum absolute atomic E-state index is 5.66. The van der Waals surface area contributed by atoms with Gasteiger partial charge in [-0.2, -0.15) is 0 Å². The Labute approximate surface area is 144 Å². The lowest BCUT2D eigenvalue weighted by Gasteiger charge is -2.37. The summed E-state index contributed by atoms with van der Waals surface area (Å²) in [5, 5.41) is 8.58. The number of methoxy groups -OCH3 is 1. The quantitative estimate of drug-likeness (QED) is 0.655. The van der Waals surface area contributed by atoms with Crippen molar-refractivity contribution in [2.24, 2.45) is 0 Å². The average molecular weight is 353 g/mol. The van der Waals surface area contributed by atoms with Gasteiger partial charge in [0.05, 0.1) is 6.04 Å². The molecule has 1 atom stereocenters. The van der Waals surface area contributed by atoms with Crippen molar-refractivity contribution in [3.05, 3.63) is 44.3 Å². The third kappa shape index (κ3) is 3.35. The average Bonchev–Trinajstić information content (AvgIpc) is 3.20. The van der Waals surface area contributed by atoms with Crippen LogP contribution in [0.25, 0.3) is 0 Å². The fraction of sp³-hybridized carbons (Fsp3) is 0.438. The lowest BCUT2D eigenvalue weighted by Crippen LogP contribution is -2.45. The predicted octanol–water partition coefficient (Wildman–Crippen LogP) is 3.67. The van der Waals surface area contributed by atoms with Gasteiger partial charge < -0.3 is 15.0 Å². The van der Waals surface area contributed by atoms with Crippen LogP contribution >= 0.6 is 34.9 Å². The van der Waals surface area contributed by atoms with Gasteiger partial charge in [0, 0.05) is 36.6 Å². The van der Waals surface area contributed by atoms with Gasteiger partial charge in [0.2, 0.25) is 0 Å². The Morgan fingerprint density at radius 2 is 2.32 bits per heavy atom. The van der Waals surface area contributed by atoms with Crippen molar-refractivity contribution in [3.63, 3.8) is 0 Å². The smallest absolute Gasteiger partial charge is 0.169 e. The van der Waals surface area contributed by atoms with E-state index in [9.17, 15) is 0 Å². The minimum atomic E-state index is 0.262. The number of nitrogens with one attached hydrogen (secondary N) is 1. The molecule has 0 radical (unpaired) electrons. The topological polar surface area (TPSA) is 24.5 Å². The van der Waals surface area contributed by atoms with Crippen LogP contribution in [0.1, 0.15) is 27.8 Å². The summed E-state index contributed by atoms with van der Waals surface area (Å²) in [7, 11) is 1.73. The molecular weight excluding hydrogens is 332 g/mol. The summed E-state index contributed by atoms with van der Waals surface area (Å²) in [5.74, 6) is 0. The molecule has 3 nitrogen and oxygen atoms in total. The minimum absolute atomic E-state index is 0.262. The van der Waals surface area contributed by atoms with E-state index in [-0.39, 0.29) is 6.04 Å². The van der Waals surface area contributed by atoms with Crippen LogP contribution in [0.3, 0.4) is 0 Å². The number of hydrogen-bond donors (Lipinski definition) is 1. The number of hydrogen-bond acceptors (Lipinski definition) is 4. The first kappa shape index (κ1) is 15.9. The first-order valence-electron chi connectivity index (χ1n) is 7.44. The van der Waals surface area contributed by atoms with Crippen molar-refractivity contribution in [1.29, 1.82) is 0 Å².